The highest BCUT2D eigenvalue weighted by molar-refractivity contribution is 5.98. The molecule has 3 heteroatoms. The summed E-state index contributed by atoms with van der Waals surface area (Å²) in [4.78, 5) is 12.7. The van der Waals surface area contributed by atoms with E-state index in [9.17, 15) is 4.79 Å². The van der Waals surface area contributed by atoms with Crippen LogP contribution >= 0.6 is 0 Å². The Labute approximate surface area is 120 Å². The maximum atomic E-state index is 12.7. The number of carbonyl (C=O) groups is 1. The van der Waals surface area contributed by atoms with E-state index < -0.39 is 0 Å². The summed E-state index contributed by atoms with van der Waals surface area (Å²) in [6, 6.07) is 7.68. The smallest absolute Gasteiger partial charge is 0.166 e. The minimum atomic E-state index is 0.102. The summed E-state index contributed by atoms with van der Waals surface area (Å²) in [6.45, 7) is 0.620. The van der Waals surface area contributed by atoms with Crippen molar-refractivity contribution in [2.45, 2.75) is 44.6 Å². The quantitative estimate of drug-likeness (QED) is 0.838. The second-order valence-electron chi connectivity index (χ2n) is 6.10. The molecule has 2 aliphatic rings. The van der Waals surface area contributed by atoms with Crippen LogP contribution in [0.1, 0.15) is 48.9 Å². The van der Waals surface area contributed by atoms with E-state index >= 15 is 0 Å². The zero-order valence-electron chi connectivity index (χ0n) is 11.9. The standard InChI is InChI=1S/C17H23NO2/c18-11-13-4-1-2-7-16(13)17(19)12-5-3-6-15(10-12)20-14-8-9-14/h3,5-6,10,13-14,16H,1-2,4,7-9,11,18H2. The van der Waals surface area contributed by atoms with Gasteiger partial charge in [-0.25, -0.2) is 0 Å². The van der Waals surface area contributed by atoms with Crippen LogP contribution in [0.25, 0.3) is 0 Å². The van der Waals surface area contributed by atoms with Gasteiger partial charge < -0.3 is 10.5 Å². The molecule has 0 aliphatic heterocycles. The second-order valence-corrected chi connectivity index (χ2v) is 6.10. The monoisotopic (exact) mass is 273 g/mol. The first-order chi connectivity index (χ1) is 9.78. The minimum Gasteiger partial charge on any atom is -0.490 e. The van der Waals surface area contributed by atoms with Crippen molar-refractivity contribution in [3.05, 3.63) is 29.8 Å². The number of benzene rings is 1. The van der Waals surface area contributed by atoms with Crippen molar-refractivity contribution in [1.29, 1.82) is 0 Å². The van der Waals surface area contributed by atoms with Crippen molar-refractivity contribution >= 4 is 5.78 Å². The van der Waals surface area contributed by atoms with Gasteiger partial charge in [0, 0.05) is 11.5 Å². The van der Waals surface area contributed by atoms with Crippen LogP contribution in [-0.4, -0.2) is 18.4 Å². The molecule has 2 unspecified atom stereocenters. The lowest BCUT2D eigenvalue weighted by molar-refractivity contribution is 0.0829. The van der Waals surface area contributed by atoms with Gasteiger partial charge in [-0.3, -0.25) is 4.79 Å². The summed E-state index contributed by atoms with van der Waals surface area (Å²) in [6.07, 6.45) is 7.06. The van der Waals surface area contributed by atoms with Gasteiger partial charge in [0.1, 0.15) is 5.75 Å². The fraction of sp³-hybridized carbons (Fsp3) is 0.588. The summed E-state index contributed by atoms with van der Waals surface area (Å²) in [5.41, 5.74) is 6.62. The van der Waals surface area contributed by atoms with E-state index in [1.54, 1.807) is 0 Å². The minimum absolute atomic E-state index is 0.102. The van der Waals surface area contributed by atoms with Crippen molar-refractivity contribution < 1.29 is 9.53 Å². The van der Waals surface area contributed by atoms with Crippen molar-refractivity contribution in [2.75, 3.05) is 6.54 Å². The van der Waals surface area contributed by atoms with Crippen molar-refractivity contribution in [3.8, 4) is 5.75 Å². The molecule has 2 saturated carbocycles. The Morgan fingerprint density at radius 2 is 2.00 bits per heavy atom. The average Bonchev–Trinajstić information content (AvgIpc) is 3.30. The molecule has 0 amide bonds. The van der Waals surface area contributed by atoms with E-state index in [2.05, 4.69) is 0 Å². The fourth-order valence-corrected chi connectivity index (χ4v) is 3.15. The molecule has 3 rings (SSSR count). The topological polar surface area (TPSA) is 52.3 Å². The SMILES string of the molecule is NCC1CCCCC1C(=O)c1cccc(OC2CC2)c1. The van der Waals surface area contributed by atoms with Gasteiger partial charge in [-0.05, 0) is 50.3 Å². The van der Waals surface area contributed by atoms with E-state index in [0.717, 1.165) is 43.4 Å². The van der Waals surface area contributed by atoms with Crippen LogP contribution in [-0.2, 0) is 0 Å². The summed E-state index contributed by atoms with van der Waals surface area (Å²) in [7, 11) is 0. The Kier molecular flexibility index (Phi) is 4.06. The highest BCUT2D eigenvalue weighted by atomic mass is 16.5. The third kappa shape index (κ3) is 3.04. The Bertz CT molecular complexity index is 482. The lowest BCUT2D eigenvalue weighted by atomic mass is 9.75. The number of hydrogen-bond acceptors (Lipinski definition) is 3. The molecular weight excluding hydrogens is 250 g/mol. The largest absolute Gasteiger partial charge is 0.490 e. The Morgan fingerprint density at radius 1 is 1.20 bits per heavy atom. The van der Waals surface area contributed by atoms with Gasteiger partial charge in [0.15, 0.2) is 5.78 Å². The first-order valence-electron chi connectivity index (χ1n) is 7.79. The second kappa shape index (κ2) is 5.96. The van der Waals surface area contributed by atoms with Gasteiger partial charge in [-0.1, -0.05) is 25.0 Å². The average molecular weight is 273 g/mol. The molecule has 0 spiro atoms. The zero-order valence-corrected chi connectivity index (χ0v) is 11.9. The van der Waals surface area contributed by atoms with Gasteiger partial charge in [0.05, 0.1) is 6.10 Å². The molecule has 2 atom stereocenters. The maximum Gasteiger partial charge on any atom is 0.166 e. The molecule has 0 heterocycles. The molecule has 20 heavy (non-hydrogen) atoms. The van der Waals surface area contributed by atoms with E-state index in [1.807, 2.05) is 24.3 Å². The predicted molar refractivity (Wildman–Crippen MR) is 78.9 cm³/mol. The zero-order chi connectivity index (χ0) is 13.9. The van der Waals surface area contributed by atoms with Crippen molar-refractivity contribution in [2.24, 2.45) is 17.6 Å². The van der Waals surface area contributed by atoms with Gasteiger partial charge in [-0.2, -0.15) is 0 Å². The molecule has 0 aromatic heterocycles. The summed E-state index contributed by atoms with van der Waals surface area (Å²) < 4.78 is 5.78. The lowest BCUT2D eigenvalue weighted by Crippen LogP contribution is -2.32. The summed E-state index contributed by atoms with van der Waals surface area (Å²) >= 11 is 0. The maximum absolute atomic E-state index is 12.7. The lowest BCUT2D eigenvalue weighted by Gasteiger charge is -2.29. The van der Waals surface area contributed by atoms with Crippen molar-refractivity contribution in [1.82, 2.24) is 0 Å². The number of Topliss-reactive ketones (excluding diaryl/α,β-unsaturated/α-hetero) is 1. The Hall–Kier alpha value is -1.35. The molecule has 1 aromatic rings. The summed E-state index contributed by atoms with van der Waals surface area (Å²) in [5, 5.41) is 0. The number of carbonyl (C=O) groups excluding carboxylic acids is 1. The van der Waals surface area contributed by atoms with E-state index in [0.29, 0.717) is 18.6 Å². The molecule has 0 saturated heterocycles. The van der Waals surface area contributed by atoms with Crippen LogP contribution in [0.5, 0.6) is 5.75 Å². The number of rotatable bonds is 5. The molecule has 0 radical (unpaired) electrons. The normalized spacial score (nSPS) is 26.2. The van der Waals surface area contributed by atoms with E-state index in [1.165, 1.54) is 6.42 Å². The number of nitrogens with two attached hydrogens (primary N) is 1. The van der Waals surface area contributed by atoms with Crippen LogP contribution in [0.4, 0.5) is 0 Å². The molecule has 0 bridgehead atoms. The highest BCUT2D eigenvalue weighted by Gasteiger charge is 2.31. The summed E-state index contributed by atoms with van der Waals surface area (Å²) in [5.74, 6) is 1.54. The predicted octanol–water partition coefficient (Wildman–Crippen LogP) is 3.18. The third-order valence-corrected chi connectivity index (χ3v) is 4.49. The van der Waals surface area contributed by atoms with Crippen LogP contribution in [0, 0.1) is 11.8 Å². The molecule has 2 N–H and O–H groups in total. The first-order valence-corrected chi connectivity index (χ1v) is 7.79. The molecule has 1 aromatic carbocycles. The Balaban J connectivity index is 1.74. The highest BCUT2D eigenvalue weighted by Crippen LogP contribution is 2.33. The number of hydrogen-bond donors (Lipinski definition) is 1. The third-order valence-electron chi connectivity index (χ3n) is 4.49. The number of ketones is 1. The molecule has 2 aliphatic carbocycles. The van der Waals surface area contributed by atoms with Crippen LogP contribution in [0.2, 0.25) is 0 Å². The first kappa shape index (κ1) is 13.6. The number of ether oxygens (including phenoxy) is 1. The molecule has 2 fully saturated rings. The van der Waals surface area contributed by atoms with Gasteiger partial charge >= 0.3 is 0 Å². The fourth-order valence-electron chi connectivity index (χ4n) is 3.15. The molecular formula is C17H23NO2. The van der Waals surface area contributed by atoms with Crippen LogP contribution < -0.4 is 10.5 Å². The van der Waals surface area contributed by atoms with Gasteiger partial charge in [-0.15, -0.1) is 0 Å². The van der Waals surface area contributed by atoms with Crippen molar-refractivity contribution in [3.63, 3.8) is 0 Å². The van der Waals surface area contributed by atoms with E-state index in [4.69, 9.17) is 10.5 Å². The van der Waals surface area contributed by atoms with Gasteiger partial charge in [0.2, 0.25) is 0 Å². The Morgan fingerprint density at radius 3 is 2.75 bits per heavy atom. The van der Waals surface area contributed by atoms with E-state index in [-0.39, 0.29) is 11.7 Å². The molecule has 3 nitrogen and oxygen atoms in total. The van der Waals surface area contributed by atoms with Crippen LogP contribution in [0.3, 0.4) is 0 Å². The van der Waals surface area contributed by atoms with Gasteiger partial charge in [0.25, 0.3) is 0 Å². The van der Waals surface area contributed by atoms with Crippen LogP contribution in [0.15, 0.2) is 24.3 Å². The molecule has 108 valence electrons.